The monoisotopic (exact) mass is 632 g/mol. The number of carbonyl (C=O) groups is 1. The van der Waals surface area contributed by atoms with Crippen LogP contribution in [0.4, 0.5) is 0 Å². The molecule has 5 rings (SSSR count). The number of nitrogens with zero attached hydrogens (tertiary/aromatic N) is 5. The highest BCUT2D eigenvalue weighted by atomic mass is 35.5. The minimum absolute atomic E-state index is 0.0388. The van der Waals surface area contributed by atoms with Crippen molar-refractivity contribution < 1.29 is 14.3 Å². The van der Waals surface area contributed by atoms with Crippen LogP contribution in [0.25, 0.3) is 16.6 Å². The van der Waals surface area contributed by atoms with Crippen LogP contribution in [0.1, 0.15) is 25.2 Å². The van der Waals surface area contributed by atoms with Gasteiger partial charge in [-0.3, -0.25) is 19.1 Å². The van der Waals surface area contributed by atoms with Gasteiger partial charge in [-0.15, -0.1) is 0 Å². The molecule has 0 atom stereocenters. The summed E-state index contributed by atoms with van der Waals surface area (Å²) in [5.41, 5.74) is 7.98. The van der Waals surface area contributed by atoms with Crippen LogP contribution in [0, 0.1) is 0 Å². The standard InChI is InChI=1S/C34H41ClN6O4/c1-24(2)45-31-13-8-25(21-38(3)15-14-36)20-30(31)41-32(37-29-7-5-4-6-28(29)34(41)43)22-39-16-18-40(19-17-39)33(42)23-44-27-11-9-26(35)10-12-27/h4-13,20,24H,14-19,21-23,36H2,1-3H3. The molecule has 1 amide bonds. The number of hydrogen-bond acceptors (Lipinski definition) is 8. The van der Waals surface area contributed by atoms with E-state index >= 15 is 0 Å². The molecular weight excluding hydrogens is 592 g/mol. The van der Waals surface area contributed by atoms with Crippen molar-refractivity contribution in [2.24, 2.45) is 5.73 Å². The number of likely N-dealkylation sites (N-methyl/N-ethyl adjacent to an activating group) is 1. The molecular formula is C34H41ClN6O4. The van der Waals surface area contributed by atoms with Crippen molar-refractivity contribution in [2.75, 3.05) is 52.9 Å². The summed E-state index contributed by atoms with van der Waals surface area (Å²) in [5.74, 6) is 1.76. The summed E-state index contributed by atoms with van der Waals surface area (Å²) in [5, 5.41) is 1.15. The van der Waals surface area contributed by atoms with Gasteiger partial charge in [0.1, 0.15) is 17.3 Å². The fourth-order valence-electron chi connectivity index (χ4n) is 5.46. The summed E-state index contributed by atoms with van der Waals surface area (Å²) in [6.07, 6.45) is -0.0867. The number of benzene rings is 3. The molecule has 1 aliphatic rings. The molecule has 1 saturated heterocycles. The van der Waals surface area contributed by atoms with Gasteiger partial charge in [0.15, 0.2) is 6.61 Å². The molecule has 2 N–H and O–H groups in total. The largest absolute Gasteiger partial charge is 0.489 e. The van der Waals surface area contributed by atoms with E-state index in [0.717, 1.165) is 12.1 Å². The highest BCUT2D eigenvalue weighted by Crippen LogP contribution is 2.27. The van der Waals surface area contributed by atoms with E-state index in [1.54, 1.807) is 28.8 Å². The fraction of sp³-hybridized carbons (Fsp3) is 0.382. The smallest absolute Gasteiger partial charge is 0.266 e. The number of carbonyl (C=O) groups excluding carboxylic acids is 1. The number of hydrogen-bond donors (Lipinski definition) is 1. The number of fused-ring (bicyclic) bond motifs is 1. The second-order valence-corrected chi connectivity index (χ2v) is 12.0. The number of para-hydroxylation sites is 1. The first-order valence-corrected chi connectivity index (χ1v) is 15.7. The lowest BCUT2D eigenvalue weighted by atomic mass is 10.1. The zero-order valence-electron chi connectivity index (χ0n) is 26.1. The van der Waals surface area contributed by atoms with Crippen LogP contribution in [-0.4, -0.2) is 89.2 Å². The van der Waals surface area contributed by atoms with Crippen LogP contribution in [0.5, 0.6) is 11.5 Å². The predicted molar refractivity (Wildman–Crippen MR) is 177 cm³/mol. The number of halogens is 1. The Bertz CT molecular complexity index is 1670. The fourth-order valence-corrected chi connectivity index (χ4v) is 5.58. The second kappa shape index (κ2) is 14.9. The van der Waals surface area contributed by atoms with Gasteiger partial charge in [0.05, 0.1) is 29.2 Å². The normalized spacial score (nSPS) is 14.0. The molecule has 238 valence electrons. The molecule has 10 nitrogen and oxygen atoms in total. The first kappa shape index (κ1) is 32.4. The highest BCUT2D eigenvalue weighted by Gasteiger charge is 2.25. The zero-order chi connectivity index (χ0) is 31.9. The molecule has 0 saturated carbocycles. The van der Waals surface area contributed by atoms with Crippen molar-refractivity contribution in [3.05, 3.63) is 93.5 Å². The van der Waals surface area contributed by atoms with E-state index in [4.69, 9.17) is 31.8 Å². The molecule has 1 aromatic heterocycles. The Morgan fingerprint density at radius 2 is 1.78 bits per heavy atom. The molecule has 0 radical (unpaired) electrons. The molecule has 3 aromatic carbocycles. The van der Waals surface area contributed by atoms with Crippen LogP contribution in [-0.2, 0) is 17.9 Å². The molecule has 0 spiro atoms. The molecule has 11 heteroatoms. The summed E-state index contributed by atoms with van der Waals surface area (Å²) >= 11 is 5.94. The van der Waals surface area contributed by atoms with Gasteiger partial charge < -0.3 is 25.0 Å². The van der Waals surface area contributed by atoms with Gasteiger partial charge in [-0.1, -0.05) is 29.8 Å². The molecule has 2 heterocycles. The van der Waals surface area contributed by atoms with Crippen LogP contribution < -0.4 is 20.8 Å². The lowest BCUT2D eigenvalue weighted by molar-refractivity contribution is -0.135. The minimum atomic E-state index is -0.148. The Morgan fingerprint density at radius 1 is 1.04 bits per heavy atom. The van der Waals surface area contributed by atoms with E-state index in [0.29, 0.717) is 84.7 Å². The van der Waals surface area contributed by atoms with Crippen molar-refractivity contribution in [3.63, 3.8) is 0 Å². The summed E-state index contributed by atoms with van der Waals surface area (Å²) in [7, 11) is 2.02. The molecule has 0 aliphatic carbocycles. The Balaban J connectivity index is 1.40. The first-order valence-electron chi connectivity index (χ1n) is 15.3. The maximum atomic E-state index is 14.2. The quantitative estimate of drug-likeness (QED) is 0.250. The SMILES string of the molecule is CC(C)Oc1ccc(CN(C)CCN)cc1-n1c(CN2CCN(C(=O)COc3ccc(Cl)cc3)CC2)nc2ccccc2c1=O. The highest BCUT2D eigenvalue weighted by molar-refractivity contribution is 6.30. The third-order valence-electron chi connectivity index (χ3n) is 7.70. The molecule has 1 fully saturated rings. The summed E-state index contributed by atoms with van der Waals surface area (Å²) in [6, 6.07) is 20.4. The first-order chi connectivity index (χ1) is 21.7. The van der Waals surface area contributed by atoms with Gasteiger partial charge in [-0.05, 0) is 75.0 Å². The number of piperazine rings is 1. The number of rotatable bonds is 12. The predicted octanol–water partition coefficient (Wildman–Crippen LogP) is 3.94. The molecule has 45 heavy (non-hydrogen) atoms. The Morgan fingerprint density at radius 3 is 2.49 bits per heavy atom. The van der Waals surface area contributed by atoms with Crippen LogP contribution >= 0.6 is 11.6 Å². The van der Waals surface area contributed by atoms with Gasteiger partial charge in [0.25, 0.3) is 11.5 Å². The minimum Gasteiger partial charge on any atom is -0.489 e. The maximum Gasteiger partial charge on any atom is 0.266 e. The van der Waals surface area contributed by atoms with E-state index in [1.807, 2.05) is 68.3 Å². The van der Waals surface area contributed by atoms with E-state index < -0.39 is 0 Å². The van der Waals surface area contributed by atoms with Crippen LogP contribution in [0.3, 0.4) is 0 Å². The number of ether oxygens (including phenoxy) is 2. The Labute approximate surface area is 268 Å². The van der Waals surface area contributed by atoms with Crippen LogP contribution in [0.15, 0.2) is 71.5 Å². The molecule has 0 unspecified atom stereocenters. The third-order valence-corrected chi connectivity index (χ3v) is 7.95. The van der Waals surface area contributed by atoms with E-state index in [2.05, 4.69) is 9.80 Å². The molecule has 4 aromatic rings. The van der Waals surface area contributed by atoms with Crippen molar-refractivity contribution >= 4 is 28.4 Å². The van der Waals surface area contributed by atoms with Crippen molar-refractivity contribution in [2.45, 2.75) is 33.0 Å². The summed E-state index contributed by atoms with van der Waals surface area (Å²) in [4.78, 5) is 38.2. The Hall–Kier alpha value is -3.96. The topological polar surface area (TPSA) is 106 Å². The van der Waals surface area contributed by atoms with Crippen molar-refractivity contribution in [1.29, 1.82) is 0 Å². The molecule has 1 aliphatic heterocycles. The second-order valence-electron chi connectivity index (χ2n) is 11.6. The van der Waals surface area contributed by atoms with Crippen molar-refractivity contribution in [1.82, 2.24) is 24.3 Å². The summed E-state index contributed by atoms with van der Waals surface area (Å²) in [6.45, 7) is 8.68. The zero-order valence-corrected chi connectivity index (χ0v) is 26.9. The Kier molecular flexibility index (Phi) is 10.7. The number of amides is 1. The summed E-state index contributed by atoms with van der Waals surface area (Å²) < 4.78 is 13.6. The van der Waals surface area contributed by atoms with Gasteiger partial charge in [-0.2, -0.15) is 0 Å². The average Bonchev–Trinajstić information content (AvgIpc) is 3.02. The van der Waals surface area contributed by atoms with E-state index in [-0.39, 0.29) is 24.2 Å². The number of aromatic nitrogens is 2. The third kappa shape index (κ3) is 8.20. The van der Waals surface area contributed by atoms with Gasteiger partial charge in [-0.25, -0.2) is 4.98 Å². The van der Waals surface area contributed by atoms with Gasteiger partial charge in [0, 0.05) is 50.8 Å². The van der Waals surface area contributed by atoms with Gasteiger partial charge >= 0.3 is 0 Å². The lowest BCUT2D eigenvalue weighted by Crippen LogP contribution is -2.50. The lowest BCUT2D eigenvalue weighted by Gasteiger charge is -2.34. The maximum absolute atomic E-state index is 14.2. The van der Waals surface area contributed by atoms with Crippen LogP contribution in [0.2, 0.25) is 5.02 Å². The number of nitrogens with two attached hydrogens (primary N) is 1. The molecule has 0 bridgehead atoms. The average molecular weight is 633 g/mol. The van der Waals surface area contributed by atoms with E-state index in [1.165, 1.54) is 0 Å². The van der Waals surface area contributed by atoms with E-state index in [9.17, 15) is 9.59 Å². The van der Waals surface area contributed by atoms with Gasteiger partial charge in [0.2, 0.25) is 0 Å². The van der Waals surface area contributed by atoms with Crippen molar-refractivity contribution in [3.8, 4) is 17.2 Å².